The van der Waals surface area contributed by atoms with Crippen molar-refractivity contribution >= 4 is 28.6 Å². The van der Waals surface area contributed by atoms with E-state index in [2.05, 4.69) is 10.5 Å². The van der Waals surface area contributed by atoms with Crippen molar-refractivity contribution < 1.29 is 9.63 Å². The van der Waals surface area contributed by atoms with Crippen molar-refractivity contribution in [2.75, 3.05) is 0 Å². The fourth-order valence-corrected chi connectivity index (χ4v) is 2.76. The number of thiophene rings is 1. The molecule has 4 nitrogen and oxygen atoms in total. The SMILES string of the molecule is CC(C)(C)ONC(=O)c1csc(-c2cccs2)n1. The summed E-state index contributed by atoms with van der Waals surface area (Å²) in [6.07, 6.45) is 0. The van der Waals surface area contributed by atoms with Crippen LogP contribution in [0.15, 0.2) is 22.9 Å². The van der Waals surface area contributed by atoms with Crippen LogP contribution in [0.4, 0.5) is 0 Å². The second-order valence-corrected chi connectivity index (χ2v) is 6.47. The molecule has 0 aliphatic heterocycles. The average molecular weight is 282 g/mol. The van der Waals surface area contributed by atoms with Gasteiger partial charge in [-0.3, -0.25) is 9.63 Å². The normalized spacial score (nSPS) is 11.5. The summed E-state index contributed by atoms with van der Waals surface area (Å²) < 4.78 is 0. The number of carbonyl (C=O) groups excluding carboxylic acids is 1. The largest absolute Gasteiger partial charge is 0.294 e. The van der Waals surface area contributed by atoms with Crippen LogP contribution in [0.3, 0.4) is 0 Å². The topological polar surface area (TPSA) is 51.2 Å². The first-order valence-electron chi connectivity index (χ1n) is 5.43. The number of hydrogen-bond acceptors (Lipinski definition) is 5. The van der Waals surface area contributed by atoms with Crippen molar-refractivity contribution in [2.24, 2.45) is 0 Å². The molecule has 1 amide bonds. The Morgan fingerprint density at radius 2 is 2.17 bits per heavy atom. The molecule has 0 aromatic carbocycles. The van der Waals surface area contributed by atoms with Gasteiger partial charge >= 0.3 is 0 Å². The first kappa shape index (κ1) is 13.2. The number of carbonyl (C=O) groups is 1. The average Bonchev–Trinajstić information content (AvgIpc) is 2.94. The molecule has 2 heterocycles. The second-order valence-electron chi connectivity index (χ2n) is 4.66. The fourth-order valence-electron chi connectivity index (χ4n) is 1.14. The van der Waals surface area contributed by atoms with E-state index >= 15 is 0 Å². The highest BCUT2D eigenvalue weighted by molar-refractivity contribution is 7.20. The zero-order valence-corrected chi connectivity index (χ0v) is 12.0. The van der Waals surface area contributed by atoms with Crippen molar-refractivity contribution in [3.8, 4) is 9.88 Å². The fraction of sp³-hybridized carbons (Fsp3) is 0.333. The summed E-state index contributed by atoms with van der Waals surface area (Å²) in [6, 6.07) is 3.95. The highest BCUT2D eigenvalue weighted by Crippen LogP contribution is 2.27. The molecule has 0 saturated heterocycles. The van der Waals surface area contributed by atoms with E-state index < -0.39 is 5.60 Å². The molecule has 0 unspecified atom stereocenters. The zero-order valence-electron chi connectivity index (χ0n) is 10.4. The third kappa shape index (κ3) is 3.38. The van der Waals surface area contributed by atoms with Crippen LogP contribution in [-0.2, 0) is 4.84 Å². The predicted molar refractivity (Wildman–Crippen MR) is 73.7 cm³/mol. The lowest BCUT2D eigenvalue weighted by molar-refractivity contribution is -0.0591. The Morgan fingerprint density at radius 1 is 1.39 bits per heavy atom. The number of nitrogens with one attached hydrogen (secondary N) is 1. The van der Waals surface area contributed by atoms with Crippen molar-refractivity contribution in [3.05, 3.63) is 28.6 Å². The Bertz CT molecular complexity index is 527. The van der Waals surface area contributed by atoms with Gasteiger partial charge in [-0.25, -0.2) is 10.5 Å². The van der Waals surface area contributed by atoms with E-state index in [0.29, 0.717) is 5.69 Å². The van der Waals surface area contributed by atoms with Crippen LogP contribution in [0, 0.1) is 0 Å². The van der Waals surface area contributed by atoms with Crippen LogP contribution in [0.1, 0.15) is 31.3 Å². The van der Waals surface area contributed by atoms with E-state index in [1.807, 2.05) is 38.3 Å². The van der Waals surface area contributed by atoms with E-state index in [0.717, 1.165) is 9.88 Å². The third-order valence-corrected chi connectivity index (χ3v) is 3.80. The molecule has 0 aliphatic rings. The summed E-state index contributed by atoms with van der Waals surface area (Å²) in [7, 11) is 0. The zero-order chi connectivity index (χ0) is 13.2. The van der Waals surface area contributed by atoms with Gasteiger partial charge in [0.1, 0.15) is 10.7 Å². The highest BCUT2D eigenvalue weighted by Gasteiger charge is 2.16. The number of hydroxylamine groups is 1. The van der Waals surface area contributed by atoms with Gasteiger partial charge in [-0.2, -0.15) is 0 Å². The summed E-state index contributed by atoms with van der Waals surface area (Å²) in [5.41, 5.74) is 2.37. The molecule has 0 spiro atoms. The minimum absolute atomic E-state index is 0.316. The Hall–Kier alpha value is -1.24. The van der Waals surface area contributed by atoms with Crippen LogP contribution in [0.2, 0.25) is 0 Å². The van der Waals surface area contributed by atoms with Gasteiger partial charge in [0, 0.05) is 5.38 Å². The monoisotopic (exact) mass is 282 g/mol. The number of nitrogens with zero attached hydrogens (tertiary/aromatic N) is 1. The molecule has 96 valence electrons. The van der Waals surface area contributed by atoms with Crippen molar-refractivity contribution in [2.45, 2.75) is 26.4 Å². The maximum Gasteiger partial charge on any atom is 0.294 e. The minimum Gasteiger partial charge on any atom is -0.268 e. The molecule has 0 bridgehead atoms. The molecule has 2 rings (SSSR count). The Balaban J connectivity index is 2.04. The smallest absolute Gasteiger partial charge is 0.268 e. The third-order valence-electron chi connectivity index (χ3n) is 1.92. The van der Waals surface area contributed by atoms with Gasteiger partial charge in [0.25, 0.3) is 5.91 Å². The molecule has 0 atom stereocenters. The Labute approximate surface area is 114 Å². The van der Waals surface area contributed by atoms with Crippen molar-refractivity contribution in [1.29, 1.82) is 0 Å². The van der Waals surface area contributed by atoms with Crippen molar-refractivity contribution in [1.82, 2.24) is 10.5 Å². The summed E-state index contributed by atoms with van der Waals surface area (Å²) in [5, 5.41) is 4.57. The quantitative estimate of drug-likeness (QED) is 0.878. The number of aromatic nitrogens is 1. The van der Waals surface area contributed by atoms with Gasteiger partial charge in [-0.15, -0.1) is 22.7 Å². The van der Waals surface area contributed by atoms with Gasteiger partial charge in [0.05, 0.1) is 10.5 Å². The first-order chi connectivity index (χ1) is 8.46. The molecule has 0 saturated carbocycles. The first-order valence-corrected chi connectivity index (χ1v) is 7.19. The maximum absolute atomic E-state index is 11.8. The molecule has 1 N–H and O–H groups in total. The van der Waals surface area contributed by atoms with Crippen LogP contribution >= 0.6 is 22.7 Å². The number of hydrogen-bond donors (Lipinski definition) is 1. The summed E-state index contributed by atoms with van der Waals surface area (Å²) in [6.45, 7) is 5.60. The Kier molecular flexibility index (Phi) is 3.79. The van der Waals surface area contributed by atoms with Crippen LogP contribution in [0.5, 0.6) is 0 Å². The molecule has 6 heteroatoms. The van der Waals surface area contributed by atoms with E-state index in [9.17, 15) is 4.79 Å². The maximum atomic E-state index is 11.8. The van der Waals surface area contributed by atoms with Gasteiger partial charge in [0.15, 0.2) is 0 Å². The molecule has 0 aliphatic carbocycles. The van der Waals surface area contributed by atoms with Gasteiger partial charge < -0.3 is 0 Å². The van der Waals surface area contributed by atoms with Gasteiger partial charge in [-0.1, -0.05) is 6.07 Å². The number of thiazole rings is 1. The van der Waals surface area contributed by atoms with E-state index in [1.165, 1.54) is 11.3 Å². The molecule has 2 aromatic heterocycles. The summed E-state index contributed by atoms with van der Waals surface area (Å²) >= 11 is 3.06. The highest BCUT2D eigenvalue weighted by atomic mass is 32.1. The van der Waals surface area contributed by atoms with Crippen molar-refractivity contribution in [3.63, 3.8) is 0 Å². The second kappa shape index (κ2) is 5.17. The Morgan fingerprint density at radius 3 is 2.78 bits per heavy atom. The van der Waals surface area contributed by atoms with Crippen LogP contribution < -0.4 is 5.48 Å². The minimum atomic E-state index is -0.414. The summed E-state index contributed by atoms with van der Waals surface area (Å²) in [4.78, 5) is 22.4. The molecule has 0 fully saturated rings. The van der Waals surface area contributed by atoms with Gasteiger partial charge in [-0.05, 0) is 32.2 Å². The molecule has 18 heavy (non-hydrogen) atoms. The van der Waals surface area contributed by atoms with E-state index in [1.54, 1.807) is 16.7 Å². The number of amides is 1. The molecular weight excluding hydrogens is 268 g/mol. The summed E-state index contributed by atoms with van der Waals surface area (Å²) in [5.74, 6) is -0.316. The standard InChI is InChI=1S/C12H14N2O2S2/c1-12(2,3)16-14-10(15)8-7-18-11(13-8)9-5-4-6-17-9/h4-7H,1-3H3,(H,14,15). The van der Waals surface area contributed by atoms with E-state index in [-0.39, 0.29) is 5.91 Å². The van der Waals surface area contributed by atoms with E-state index in [4.69, 9.17) is 4.84 Å². The lowest BCUT2D eigenvalue weighted by Crippen LogP contribution is -2.33. The predicted octanol–water partition coefficient (Wildman–Crippen LogP) is 3.33. The molecule has 0 radical (unpaired) electrons. The lowest BCUT2D eigenvalue weighted by Gasteiger charge is -2.18. The molecule has 2 aromatic rings. The number of rotatable bonds is 3. The van der Waals surface area contributed by atoms with Gasteiger partial charge in [0.2, 0.25) is 0 Å². The molecular formula is C12H14N2O2S2. The lowest BCUT2D eigenvalue weighted by atomic mass is 10.2. The van der Waals surface area contributed by atoms with Crippen LogP contribution in [0.25, 0.3) is 9.88 Å². The van der Waals surface area contributed by atoms with Crippen LogP contribution in [-0.4, -0.2) is 16.5 Å².